The lowest BCUT2D eigenvalue weighted by Crippen LogP contribution is -2.38. The van der Waals surface area contributed by atoms with Crippen LogP contribution in [0.2, 0.25) is 0 Å². The van der Waals surface area contributed by atoms with Crippen molar-refractivity contribution in [2.75, 3.05) is 19.4 Å². The fourth-order valence-corrected chi connectivity index (χ4v) is 4.72. The average molecular weight is 317 g/mol. The second-order valence-corrected chi connectivity index (χ2v) is 8.57. The topological polar surface area (TPSA) is 46.6 Å². The predicted octanol–water partition coefficient (Wildman–Crippen LogP) is 2.51. The van der Waals surface area contributed by atoms with Gasteiger partial charge in [0.1, 0.15) is 0 Å². The van der Waals surface area contributed by atoms with Gasteiger partial charge in [-0.15, -0.1) is 11.3 Å². The minimum absolute atomic E-state index is 0.0110. The van der Waals surface area contributed by atoms with Gasteiger partial charge in [0.15, 0.2) is 0 Å². The van der Waals surface area contributed by atoms with Crippen LogP contribution in [0.5, 0.6) is 0 Å². The van der Waals surface area contributed by atoms with Crippen molar-refractivity contribution in [3.05, 3.63) is 22.4 Å². The molecule has 0 bridgehead atoms. The molecule has 1 aliphatic rings. The zero-order valence-electron chi connectivity index (χ0n) is 12.1. The summed E-state index contributed by atoms with van der Waals surface area (Å²) in [7, 11) is -1.51. The maximum absolute atomic E-state index is 12.3. The fourth-order valence-electron chi connectivity index (χ4n) is 2.42. The van der Waals surface area contributed by atoms with Crippen molar-refractivity contribution in [1.82, 2.24) is 4.31 Å². The molecule has 1 aromatic rings. The van der Waals surface area contributed by atoms with Gasteiger partial charge in [-0.25, -0.2) is 12.7 Å². The first-order valence-electron chi connectivity index (χ1n) is 7.09. The largest absolute Gasteiger partial charge is 0.378 e. The van der Waals surface area contributed by atoms with Crippen molar-refractivity contribution in [3.8, 4) is 0 Å². The summed E-state index contributed by atoms with van der Waals surface area (Å²) in [5.74, 6) is 0.183. The van der Waals surface area contributed by atoms with E-state index in [9.17, 15) is 8.42 Å². The summed E-state index contributed by atoms with van der Waals surface area (Å²) in [6.45, 7) is 2.73. The van der Waals surface area contributed by atoms with E-state index < -0.39 is 10.0 Å². The van der Waals surface area contributed by atoms with Crippen LogP contribution in [-0.2, 0) is 21.2 Å². The minimum atomic E-state index is -3.19. The van der Waals surface area contributed by atoms with Gasteiger partial charge in [0.05, 0.1) is 11.9 Å². The first kappa shape index (κ1) is 15.9. The van der Waals surface area contributed by atoms with E-state index in [4.69, 9.17) is 4.74 Å². The molecule has 2 atom stereocenters. The molecule has 0 aliphatic carbocycles. The van der Waals surface area contributed by atoms with E-state index >= 15 is 0 Å². The summed E-state index contributed by atoms with van der Waals surface area (Å²) in [6, 6.07) is 4.04. The molecule has 0 aromatic carbocycles. The maximum atomic E-state index is 12.3. The molecule has 4 nitrogen and oxygen atoms in total. The first-order chi connectivity index (χ1) is 9.49. The average Bonchev–Trinajstić information content (AvgIpc) is 3.08. The number of sulfonamides is 1. The van der Waals surface area contributed by atoms with Gasteiger partial charge >= 0.3 is 0 Å². The van der Waals surface area contributed by atoms with Crippen molar-refractivity contribution >= 4 is 21.4 Å². The van der Waals surface area contributed by atoms with E-state index in [1.165, 1.54) is 9.18 Å². The molecule has 1 fully saturated rings. The zero-order valence-corrected chi connectivity index (χ0v) is 13.8. The predicted molar refractivity (Wildman–Crippen MR) is 82.6 cm³/mol. The van der Waals surface area contributed by atoms with E-state index in [2.05, 4.69) is 0 Å². The number of thiophene rings is 1. The molecule has 2 heterocycles. The van der Waals surface area contributed by atoms with E-state index in [-0.39, 0.29) is 17.9 Å². The molecule has 0 saturated carbocycles. The molecule has 0 spiro atoms. The normalized spacial score (nSPS) is 21.4. The van der Waals surface area contributed by atoms with Crippen LogP contribution < -0.4 is 0 Å². The summed E-state index contributed by atoms with van der Waals surface area (Å²) < 4.78 is 31.7. The first-order valence-corrected chi connectivity index (χ1v) is 9.57. The number of hydrogen-bond acceptors (Lipinski definition) is 4. The van der Waals surface area contributed by atoms with Gasteiger partial charge in [-0.3, -0.25) is 0 Å². The van der Waals surface area contributed by atoms with Gasteiger partial charge in [-0.2, -0.15) is 0 Å². The number of likely N-dealkylation sites (N-methyl/N-ethyl adjacent to an activating group) is 1. The molecule has 1 aromatic heterocycles. The van der Waals surface area contributed by atoms with Crippen LogP contribution in [0.15, 0.2) is 17.5 Å². The minimum Gasteiger partial charge on any atom is -0.378 e. The molecule has 114 valence electrons. The van der Waals surface area contributed by atoms with Crippen LogP contribution in [0.3, 0.4) is 0 Å². The second-order valence-electron chi connectivity index (χ2n) is 5.39. The number of nitrogens with zero attached hydrogens (tertiary/aromatic N) is 1. The fraction of sp³-hybridized carbons (Fsp3) is 0.714. The summed E-state index contributed by atoms with van der Waals surface area (Å²) >= 11 is 1.67. The molecule has 6 heteroatoms. The Morgan fingerprint density at radius 2 is 2.35 bits per heavy atom. The van der Waals surface area contributed by atoms with Crippen molar-refractivity contribution in [2.45, 2.75) is 44.8 Å². The molecule has 0 unspecified atom stereocenters. The summed E-state index contributed by atoms with van der Waals surface area (Å²) in [4.78, 5) is 1.22. The Morgan fingerprint density at radius 1 is 1.55 bits per heavy atom. The maximum Gasteiger partial charge on any atom is 0.214 e. The highest BCUT2D eigenvalue weighted by Crippen LogP contribution is 2.19. The molecule has 0 amide bonds. The highest BCUT2D eigenvalue weighted by Gasteiger charge is 2.26. The van der Waals surface area contributed by atoms with Gasteiger partial charge < -0.3 is 4.74 Å². The van der Waals surface area contributed by atoms with Gasteiger partial charge in [-0.05, 0) is 44.1 Å². The molecule has 2 rings (SSSR count). The zero-order chi connectivity index (χ0) is 14.6. The molecule has 0 radical (unpaired) electrons. The monoisotopic (exact) mass is 317 g/mol. The smallest absolute Gasteiger partial charge is 0.214 e. The molecule has 0 N–H and O–H groups in total. The third-order valence-corrected chi connectivity index (χ3v) is 6.75. The molecule has 1 saturated heterocycles. The van der Waals surface area contributed by atoms with Gasteiger partial charge in [0.25, 0.3) is 0 Å². The third kappa shape index (κ3) is 4.28. The number of hydrogen-bond donors (Lipinski definition) is 0. The summed E-state index contributed by atoms with van der Waals surface area (Å²) in [5, 5.41) is 2.02. The highest BCUT2D eigenvalue weighted by atomic mass is 32.2. The Morgan fingerprint density at radius 3 is 2.95 bits per heavy atom. The van der Waals surface area contributed by atoms with Crippen molar-refractivity contribution in [1.29, 1.82) is 0 Å². The lowest BCUT2D eigenvalue weighted by atomic mass is 10.2. The third-order valence-electron chi connectivity index (χ3n) is 3.86. The van der Waals surface area contributed by atoms with E-state index in [1.54, 1.807) is 18.4 Å². The quantitative estimate of drug-likeness (QED) is 0.776. The number of rotatable bonds is 7. The van der Waals surface area contributed by atoms with Gasteiger partial charge in [0.2, 0.25) is 10.0 Å². The van der Waals surface area contributed by atoms with Gasteiger partial charge in [0, 0.05) is 24.6 Å². The standard InChI is InChI=1S/C14H23NO3S2/c1-12(11-14-6-4-9-19-14)15(2)20(16,17)10-7-13-5-3-8-18-13/h4,6,9,12-13H,3,5,7-8,10-11H2,1-2H3/t12-,13+/m1/s1. The number of ether oxygens (including phenoxy) is 1. The summed E-state index contributed by atoms with van der Waals surface area (Å²) in [5.41, 5.74) is 0. The van der Waals surface area contributed by atoms with Gasteiger partial charge in [-0.1, -0.05) is 6.07 Å². The summed E-state index contributed by atoms with van der Waals surface area (Å²) in [6.07, 6.45) is 3.55. The lowest BCUT2D eigenvalue weighted by Gasteiger charge is -2.24. The van der Waals surface area contributed by atoms with Crippen LogP contribution in [0.25, 0.3) is 0 Å². The Hall–Kier alpha value is -0.430. The van der Waals surface area contributed by atoms with Crippen molar-refractivity contribution in [2.24, 2.45) is 0 Å². The Kier molecular flexibility index (Phi) is 5.60. The van der Waals surface area contributed by atoms with E-state index in [1.807, 2.05) is 24.4 Å². The Labute approximate surface area is 125 Å². The molecule has 1 aliphatic heterocycles. The van der Waals surface area contributed by atoms with Crippen LogP contribution in [0.4, 0.5) is 0 Å². The molecular weight excluding hydrogens is 294 g/mol. The molecular formula is C14H23NO3S2. The van der Waals surface area contributed by atoms with Crippen LogP contribution >= 0.6 is 11.3 Å². The van der Waals surface area contributed by atoms with E-state index in [0.717, 1.165) is 25.9 Å². The Balaban J connectivity index is 1.86. The SMILES string of the molecule is C[C@H](Cc1cccs1)N(C)S(=O)(=O)CC[C@@H]1CCCO1. The van der Waals surface area contributed by atoms with Crippen LogP contribution in [0.1, 0.15) is 31.1 Å². The van der Waals surface area contributed by atoms with Crippen LogP contribution in [0, 0.1) is 0 Å². The van der Waals surface area contributed by atoms with E-state index in [0.29, 0.717) is 6.42 Å². The van der Waals surface area contributed by atoms with Crippen molar-refractivity contribution in [3.63, 3.8) is 0 Å². The van der Waals surface area contributed by atoms with Crippen molar-refractivity contribution < 1.29 is 13.2 Å². The van der Waals surface area contributed by atoms with Crippen LogP contribution in [-0.4, -0.2) is 44.3 Å². The second kappa shape index (κ2) is 7.02. The lowest BCUT2D eigenvalue weighted by molar-refractivity contribution is 0.108. The molecule has 20 heavy (non-hydrogen) atoms. The Bertz CT molecular complexity index is 492. The highest BCUT2D eigenvalue weighted by molar-refractivity contribution is 7.89.